The summed E-state index contributed by atoms with van der Waals surface area (Å²) in [6.07, 6.45) is 20.5. The Balaban J connectivity index is 1.37. The lowest BCUT2D eigenvalue weighted by Crippen LogP contribution is -2.73. The van der Waals surface area contributed by atoms with Crippen molar-refractivity contribution in [2.75, 3.05) is 0 Å². The molecule has 1 saturated heterocycles. The van der Waals surface area contributed by atoms with Crippen LogP contribution in [0.5, 0.6) is 0 Å². The Morgan fingerprint density at radius 2 is 1.10 bits per heavy atom. The Bertz CT molecular complexity index is 1030. The molecule has 4 aliphatic carbocycles. The summed E-state index contributed by atoms with van der Waals surface area (Å²) >= 11 is 0. The van der Waals surface area contributed by atoms with Gasteiger partial charge in [0.2, 0.25) is 11.8 Å². The van der Waals surface area contributed by atoms with Crippen LogP contribution in [0.2, 0.25) is 0 Å². The number of allylic oxidation sites excluding steroid dienone is 8. The second kappa shape index (κ2) is 6.44. The molecule has 0 radical (unpaired) electrons. The summed E-state index contributed by atoms with van der Waals surface area (Å²) in [5.41, 5.74) is 3.04. The van der Waals surface area contributed by atoms with Gasteiger partial charge in [-0.15, -0.1) is 0 Å². The maximum absolute atomic E-state index is 13.5. The molecule has 5 rings (SSSR count). The molecule has 1 fully saturated rings. The summed E-state index contributed by atoms with van der Waals surface area (Å²) in [6, 6.07) is 0. The summed E-state index contributed by atoms with van der Waals surface area (Å²) < 4.78 is 0. The van der Waals surface area contributed by atoms with Gasteiger partial charge < -0.3 is 10.6 Å². The standard InChI is InChI=1S/C27H32N2O2/c1-24(2)10-5-6-18-14-26(15-19(18)7-11-24)22(30)29-27(23(31)28-26)16-20-8-12-25(3,4)13-9-21(20)17-27/h5,7-13H,6,14-17H2,1-4H3,(H,28,31)(H,29,30)/b10-5-,11-7-. The molecule has 0 aromatic rings. The molecule has 5 aliphatic rings. The predicted octanol–water partition coefficient (Wildman–Crippen LogP) is 4.59. The highest BCUT2D eigenvalue weighted by Crippen LogP contribution is 2.46. The maximum Gasteiger partial charge on any atom is 0.247 e. The molecule has 0 aromatic carbocycles. The van der Waals surface area contributed by atoms with Crippen molar-refractivity contribution >= 4 is 11.8 Å². The predicted molar refractivity (Wildman–Crippen MR) is 123 cm³/mol. The average Bonchev–Trinajstić information content (AvgIpc) is 3.16. The van der Waals surface area contributed by atoms with E-state index in [1.54, 1.807) is 0 Å². The van der Waals surface area contributed by atoms with Gasteiger partial charge in [-0.05, 0) is 23.1 Å². The normalized spacial score (nSPS) is 34.1. The van der Waals surface area contributed by atoms with Crippen LogP contribution in [0.3, 0.4) is 0 Å². The lowest BCUT2D eigenvalue weighted by Gasteiger charge is -2.43. The van der Waals surface area contributed by atoms with Crippen molar-refractivity contribution in [1.82, 2.24) is 10.6 Å². The fourth-order valence-corrected chi connectivity index (χ4v) is 5.49. The van der Waals surface area contributed by atoms with Crippen molar-refractivity contribution < 1.29 is 9.59 Å². The van der Waals surface area contributed by atoms with Crippen molar-refractivity contribution in [3.8, 4) is 0 Å². The van der Waals surface area contributed by atoms with Crippen LogP contribution < -0.4 is 10.6 Å². The second-order valence-electron chi connectivity index (χ2n) is 11.2. The first kappa shape index (κ1) is 20.3. The highest BCUT2D eigenvalue weighted by Gasteiger charge is 2.57. The molecule has 0 bridgehead atoms. The first-order valence-electron chi connectivity index (χ1n) is 11.4. The van der Waals surface area contributed by atoms with Crippen LogP contribution in [0.25, 0.3) is 0 Å². The van der Waals surface area contributed by atoms with Crippen LogP contribution in [0.1, 0.15) is 59.8 Å². The van der Waals surface area contributed by atoms with E-state index in [4.69, 9.17) is 0 Å². The highest BCUT2D eigenvalue weighted by molar-refractivity contribution is 6.04. The number of carbonyl (C=O) groups excluding carboxylic acids is 2. The quantitative estimate of drug-likeness (QED) is 0.568. The molecule has 0 saturated carbocycles. The molecule has 1 heterocycles. The van der Waals surface area contributed by atoms with E-state index in [2.05, 4.69) is 86.9 Å². The van der Waals surface area contributed by atoms with Crippen LogP contribution in [0, 0.1) is 10.8 Å². The van der Waals surface area contributed by atoms with Gasteiger partial charge in [0.05, 0.1) is 0 Å². The minimum atomic E-state index is -0.863. The average molecular weight is 417 g/mol. The SMILES string of the molecule is CC1(C)C=CC2=C(C=C1)CC1(C2)NC(=O)C2(CC3=C(C/C=C\C(C)(C)/C=C\3)C2)NC1=O. The van der Waals surface area contributed by atoms with Gasteiger partial charge >= 0.3 is 0 Å². The first-order chi connectivity index (χ1) is 14.5. The van der Waals surface area contributed by atoms with Crippen LogP contribution in [0.4, 0.5) is 0 Å². The molecule has 4 heteroatoms. The number of hydrogen-bond acceptors (Lipinski definition) is 2. The minimum Gasteiger partial charge on any atom is -0.339 e. The lowest BCUT2D eigenvalue weighted by atomic mass is 9.82. The Kier molecular flexibility index (Phi) is 4.22. The molecule has 162 valence electrons. The second-order valence-corrected chi connectivity index (χ2v) is 11.2. The molecular formula is C27H32N2O2. The van der Waals surface area contributed by atoms with E-state index >= 15 is 0 Å². The van der Waals surface area contributed by atoms with E-state index in [0.717, 1.165) is 17.6 Å². The number of amides is 2. The van der Waals surface area contributed by atoms with Crippen molar-refractivity contribution in [2.24, 2.45) is 10.8 Å². The zero-order chi connectivity index (χ0) is 22.1. The molecule has 1 atom stereocenters. The molecular weight excluding hydrogens is 384 g/mol. The number of carbonyl (C=O) groups is 2. The zero-order valence-corrected chi connectivity index (χ0v) is 19.0. The number of rotatable bonds is 0. The maximum atomic E-state index is 13.5. The smallest absolute Gasteiger partial charge is 0.247 e. The zero-order valence-electron chi connectivity index (χ0n) is 19.0. The fraction of sp³-hybridized carbons (Fsp3) is 0.481. The molecule has 31 heavy (non-hydrogen) atoms. The molecule has 2 N–H and O–H groups in total. The van der Waals surface area contributed by atoms with Gasteiger partial charge in [0.25, 0.3) is 0 Å². The van der Waals surface area contributed by atoms with Crippen LogP contribution in [-0.2, 0) is 9.59 Å². The van der Waals surface area contributed by atoms with Crippen molar-refractivity contribution in [3.05, 3.63) is 70.9 Å². The van der Waals surface area contributed by atoms with Crippen LogP contribution in [-0.4, -0.2) is 22.9 Å². The van der Waals surface area contributed by atoms with Gasteiger partial charge in [0.1, 0.15) is 11.1 Å². The third-order valence-corrected chi connectivity index (χ3v) is 7.49. The summed E-state index contributed by atoms with van der Waals surface area (Å²) in [4.78, 5) is 27.0. The monoisotopic (exact) mass is 416 g/mol. The third-order valence-electron chi connectivity index (χ3n) is 7.49. The highest BCUT2D eigenvalue weighted by atomic mass is 16.2. The van der Waals surface area contributed by atoms with Crippen LogP contribution >= 0.6 is 0 Å². The van der Waals surface area contributed by atoms with E-state index in [0.29, 0.717) is 25.7 Å². The van der Waals surface area contributed by atoms with Gasteiger partial charge in [0, 0.05) is 36.5 Å². The van der Waals surface area contributed by atoms with E-state index in [9.17, 15) is 9.59 Å². The van der Waals surface area contributed by atoms with E-state index in [-0.39, 0.29) is 22.6 Å². The molecule has 2 spiro atoms. The van der Waals surface area contributed by atoms with Crippen molar-refractivity contribution in [2.45, 2.75) is 70.9 Å². The first-order valence-corrected chi connectivity index (χ1v) is 11.4. The van der Waals surface area contributed by atoms with Crippen LogP contribution in [0.15, 0.2) is 70.9 Å². The Hall–Kier alpha value is -2.62. The Morgan fingerprint density at radius 3 is 1.68 bits per heavy atom. The Morgan fingerprint density at radius 1 is 0.645 bits per heavy atom. The van der Waals surface area contributed by atoms with E-state index in [1.165, 1.54) is 11.1 Å². The number of hydrogen-bond donors (Lipinski definition) is 2. The fourth-order valence-electron chi connectivity index (χ4n) is 5.49. The number of piperazine rings is 1. The van der Waals surface area contributed by atoms with Gasteiger partial charge in [-0.2, -0.15) is 0 Å². The number of nitrogens with one attached hydrogen (secondary N) is 2. The van der Waals surface area contributed by atoms with Crippen molar-refractivity contribution in [1.29, 1.82) is 0 Å². The summed E-state index contributed by atoms with van der Waals surface area (Å²) in [7, 11) is 0. The minimum absolute atomic E-state index is 0.000677. The largest absolute Gasteiger partial charge is 0.339 e. The summed E-state index contributed by atoms with van der Waals surface area (Å²) in [5.74, 6) is -0.0852. The summed E-state index contributed by atoms with van der Waals surface area (Å²) in [5, 5.41) is 6.41. The molecule has 1 aliphatic heterocycles. The van der Waals surface area contributed by atoms with E-state index in [1.807, 2.05) is 0 Å². The van der Waals surface area contributed by atoms with Gasteiger partial charge in [-0.1, -0.05) is 81.9 Å². The Labute approximate surface area is 184 Å². The molecule has 1 unspecified atom stereocenters. The van der Waals surface area contributed by atoms with Gasteiger partial charge in [-0.3, -0.25) is 9.59 Å². The molecule has 0 aromatic heterocycles. The topological polar surface area (TPSA) is 58.2 Å². The molecule has 2 amide bonds. The third kappa shape index (κ3) is 3.37. The van der Waals surface area contributed by atoms with Gasteiger partial charge in [-0.25, -0.2) is 0 Å². The summed E-state index contributed by atoms with van der Waals surface area (Å²) in [6.45, 7) is 8.69. The van der Waals surface area contributed by atoms with Crippen molar-refractivity contribution in [3.63, 3.8) is 0 Å². The molecule has 4 nitrogen and oxygen atoms in total. The van der Waals surface area contributed by atoms with Gasteiger partial charge in [0.15, 0.2) is 0 Å². The van der Waals surface area contributed by atoms with E-state index < -0.39 is 11.1 Å². The lowest BCUT2D eigenvalue weighted by molar-refractivity contribution is -0.145.